The molecule has 3 heteroatoms. The molecule has 0 atom stereocenters. The van der Waals surface area contributed by atoms with Crippen molar-refractivity contribution in [2.75, 3.05) is 0 Å². The Hall–Kier alpha value is -6.32. The van der Waals surface area contributed by atoms with Gasteiger partial charge >= 0.3 is 0 Å². The van der Waals surface area contributed by atoms with Gasteiger partial charge < -0.3 is 0 Å². The van der Waals surface area contributed by atoms with E-state index in [1.54, 1.807) is 0 Å². The van der Waals surface area contributed by atoms with Crippen molar-refractivity contribution in [2.24, 2.45) is 0 Å². The van der Waals surface area contributed by atoms with Crippen molar-refractivity contribution in [2.45, 2.75) is 19.3 Å². The lowest BCUT2D eigenvalue weighted by molar-refractivity contribution is 0.666. The van der Waals surface area contributed by atoms with E-state index in [4.69, 9.17) is 10.1 Å². The van der Waals surface area contributed by atoms with Gasteiger partial charge in [-0.15, -0.1) is 5.10 Å². The van der Waals surface area contributed by atoms with Gasteiger partial charge in [0.05, 0.1) is 5.69 Å². The second-order valence-electron chi connectivity index (χ2n) is 13.8. The Labute approximate surface area is 291 Å². The average molecular weight is 640 g/mol. The minimum atomic E-state index is -0.0871. The zero-order chi connectivity index (χ0) is 33.4. The van der Waals surface area contributed by atoms with E-state index in [1.165, 1.54) is 65.7 Å². The van der Waals surface area contributed by atoms with E-state index in [0.29, 0.717) is 5.82 Å². The lowest BCUT2D eigenvalue weighted by atomic mass is 9.78. The van der Waals surface area contributed by atoms with Gasteiger partial charge in [0.15, 0.2) is 11.6 Å². The number of nitrogens with zero attached hydrogens (tertiary/aromatic N) is 3. The quantitative estimate of drug-likeness (QED) is 0.179. The smallest absolute Gasteiger partial charge is 0.182 e. The van der Waals surface area contributed by atoms with Crippen LogP contribution in [0.5, 0.6) is 0 Å². The molecular formula is C47H33N3. The second kappa shape index (κ2) is 10.8. The predicted octanol–water partition coefficient (Wildman–Crippen LogP) is 12.0. The molecule has 1 aliphatic carbocycles. The van der Waals surface area contributed by atoms with Gasteiger partial charge in [0.2, 0.25) is 0 Å². The molecule has 3 nitrogen and oxygen atoms in total. The third-order valence-electron chi connectivity index (χ3n) is 10.6. The maximum Gasteiger partial charge on any atom is 0.182 e. The lowest BCUT2D eigenvalue weighted by Crippen LogP contribution is -2.15. The van der Waals surface area contributed by atoms with Gasteiger partial charge in [0, 0.05) is 16.5 Å². The molecule has 9 aromatic rings. The molecule has 0 amide bonds. The standard InChI is InChI=1S/C47H33N3/c1-47(2)42-20-12-11-18-37(42)40-28-27-39-36-26-25-33(29-41(36)35-17-9-10-19-38(35)43(39)44(40)47)30-21-23-32(24-22-30)46-48-45(31-13-5-3-6-14-31)49-50(46)34-15-7-4-8-16-34/h3-29H,1-2H3. The zero-order valence-corrected chi connectivity index (χ0v) is 27.9. The van der Waals surface area contributed by atoms with E-state index >= 15 is 0 Å². The molecule has 0 N–H and O–H groups in total. The van der Waals surface area contributed by atoms with Gasteiger partial charge in [0.25, 0.3) is 0 Å². The van der Waals surface area contributed by atoms with E-state index in [2.05, 4.69) is 141 Å². The Morgan fingerprint density at radius 1 is 0.460 bits per heavy atom. The normalized spacial score (nSPS) is 13.2. The first-order valence-corrected chi connectivity index (χ1v) is 17.3. The van der Waals surface area contributed by atoms with Crippen molar-refractivity contribution < 1.29 is 0 Å². The Morgan fingerprint density at radius 3 is 1.86 bits per heavy atom. The molecule has 0 unspecified atom stereocenters. The fraction of sp³-hybridized carbons (Fsp3) is 0.0638. The molecule has 1 heterocycles. The highest BCUT2D eigenvalue weighted by molar-refractivity contribution is 6.28. The molecule has 0 radical (unpaired) electrons. The summed E-state index contributed by atoms with van der Waals surface area (Å²) in [6.07, 6.45) is 0. The second-order valence-corrected chi connectivity index (χ2v) is 13.8. The molecule has 0 saturated carbocycles. The molecule has 0 saturated heterocycles. The summed E-state index contributed by atoms with van der Waals surface area (Å²) in [4.78, 5) is 5.03. The van der Waals surface area contributed by atoms with E-state index in [-0.39, 0.29) is 5.41 Å². The van der Waals surface area contributed by atoms with E-state index in [9.17, 15) is 0 Å². The molecule has 1 aromatic heterocycles. The third-order valence-corrected chi connectivity index (χ3v) is 10.6. The van der Waals surface area contributed by atoms with Crippen molar-refractivity contribution >= 4 is 32.3 Å². The van der Waals surface area contributed by atoms with Crippen LogP contribution in [0.15, 0.2) is 164 Å². The van der Waals surface area contributed by atoms with Crippen LogP contribution in [0.1, 0.15) is 25.0 Å². The summed E-state index contributed by atoms with van der Waals surface area (Å²) >= 11 is 0. The van der Waals surface area contributed by atoms with Crippen LogP contribution in [0, 0.1) is 0 Å². The van der Waals surface area contributed by atoms with Gasteiger partial charge in [-0.3, -0.25) is 0 Å². The molecule has 8 aromatic carbocycles. The highest BCUT2D eigenvalue weighted by Crippen LogP contribution is 2.53. The topological polar surface area (TPSA) is 30.7 Å². The average Bonchev–Trinajstić information content (AvgIpc) is 3.73. The van der Waals surface area contributed by atoms with Crippen molar-refractivity contribution in [3.8, 4) is 50.7 Å². The fourth-order valence-electron chi connectivity index (χ4n) is 8.27. The molecule has 0 fully saturated rings. The minimum Gasteiger partial charge on any atom is -0.213 e. The molecular weight excluding hydrogens is 607 g/mol. The molecule has 236 valence electrons. The summed E-state index contributed by atoms with van der Waals surface area (Å²) in [5.74, 6) is 1.52. The van der Waals surface area contributed by atoms with E-state index in [0.717, 1.165) is 22.6 Å². The number of aromatic nitrogens is 3. The number of rotatable bonds is 4. The molecule has 0 aliphatic heterocycles. The lowest BCUT2D eigenvalue weighted by Gasteiger charge is -2.24. The Balaban J connectivity index is 1.11. The molecule has 0 spiro atoms. The van der Waals surface area contributed by atoms with Crippen LogP contribution in [0.25, 0.3) is 83.0 Å². The molecule has 50 heavy (non-hydrogen) atoms. The van der Waals surface area contributed by atoms with Crippen LogP contribution in [0.3, 0.4) is 0 Å². The third kappa shape index (κ3) is 4.23. The van der Waals surface area contributed by atoms with Crippen LogP contribution in [-0.4, -0.2) is 14.8 Å². The SMILES string of the molecule is CC1(C)c2ccccc2-c2ccc3c4ccc(-c5ccc(-c6nc(-c7ccccc7)nn6-c6ccccc6)cc5)cc4c4ccccc4c3c21. The van der Waals surface area contributed by atoms with Gasteiger partial charge in [-0.25, -0.2) is 9.67 Å². The predicted molar refractivity (Wildman–Crippen MR) is 208 cm³/mol. The first-order chi connectivity index (χ1) is 24.6. The summed E-state index contributed by atoms with van der Waals surface area (Å²) in [6.45, 7) is 4.77. The first kappa shape index (κ1) is 28.7. The van der Waals surface area contributed by atoms with Crippen molar-refractivity contribution in [1.29, 1.82) is 0 Å². The summed E-state index contributed by atoms with van der Waals surface area (Å²) in [5, 5.41) is 12.8. The van der Waals surface area contributed by atoms with Crippen molar-refractivity contribution in [3.63, 3.8) is 0 Å². The number of fused-ring (bicyclic) bond motifs is 10. The van der Waals surface area contributed by atoms with Gasteiger partial charge in [-0.2, -0.15) is 0 Å². The highest BCUT2D eigenvalue weighted by atomic mass is 15.4. The largest absolute Gasteiger partial charge is 0.213 e. The number of para-hydroxylation sites is 1. The fourth-order valence-corrected chi connectivity index (χ4v) is 8.27. The van der Waals surface area contributed by atoms with Crippen LogP contribution in [0.2, 0.25) is 0 Å². The number of hydrogen-bond donors (Lipinski definition) is 0. The van der Waals surface area contributed by atoms with Gasteiger partial charge in [-0.05, 0) is 83.9 Å². The Morgan fingerprint density at radius 2 is 1.06 bits per heavy atom. The highest BCUT2D eigenvalue weighted by Gasteiger charge is 2.37. The monoisotopic (exact) mass is 639 g/mol. The maximum atomic E-state index is 5.03. The first-order valence-electron chi connectivity index (χ1n) is 17.3. The Kier molecular flexibility index (Phi) is 6.22. The summed E-state index contributed by atoms with van der Waals surface area (Å²) in [6, 6.07) is 58.7. The maximum absolute atomic E-state index is 5.03. The summed E-state index contributed by atoms with van der Waals surface area (Å²) < 4.78 is 1.95. The van der Waals surface area contributed by atoms with Crippen LogP contribution in [-0.2, 0) is 5.41 Å². The number of benzene rings is 8. The van der Waals surface area contributed by atoms with E-state index in [1.807, 2.05) is 41.1 Å². The van der Waals surface area contributed by atoms with Gasteiger partial charge in [0.1, 0.15) is 0 Å². The summed E-state index contributed by atoms with van der Waals surface area (Å²) in [7, 11) is 0. The Bertz CT molecular complexity index is 2740. The van der Waals surface area contributed by atoms with Gasteiger partial charge in [-0.1, -0.05) is 159 Å². The van der Waals surface area contributed by atoms with Crippen LogP contribution >= 0.6 is 0 Å². The molecule has 10 rings (SSSR count). The van der Waals surface area contributed by atoms with Crippen molar-refractivity contribution in [1.82, 2.24) is 14.8 Å². The molecule has 1 aliphatic rings. The zero-order valence-electron chi connectivity index (χ0n) is 27.9. The molecule has 0 bridgehead atoms. The van der Waals surface area contributed by atoms with Crippen LogP contribution < -0.4 is 0 Å². The van der Waals surface area contributed by atoms with Crippen LogP contribution in [0.4, 0.5) is 0 Å². The van der Waals surface area contributed by atoms with E-state index < -0.39 is 0 Å². The number of hydrogen-bond acceptors (Lipinski definition) is 2. The van der Waals surface area contributed by atoms with Crippen molar-refractivity contribution in [3.05, 3.63) is 175 Å². The summed E-state index contributed by atoms with van der Waals surface area (Å²) in [5.41, 5.74) is 10.8. The minimum absolute atomic E-state index is 0.0871.